The smallest absolute Gasteiger partial charge is 0.336 e. The van der Waals surface area contributed by atoms with E-state index in [1.807, 2.05) is 0 Å². The third kappa shape index (κ3) is 3.81. The third-order valence-corrected chi connectivity index (χ3v) is 4.89. The molecule has 0 fully saturated rings. The average molecular weight is 385 g/mol. The van der Waals surface area contributed by atoms with Crippen LogP contribution in [0.3, 0.4) is 0 Å². The quantitative estimate of drug-likeness (QED) is 0.721. The van der Waals surface area contributed by atoms with E-state index in [1.165, 1.54) is 17.0 Å². The van der Waals surface area contributed by atoms with E-state index in [4.69, 9.17) is 4.74 Å². The maximum absolute atomic E-state index is 14.4. The molecule has 0 unspecified atom stereocenters. The Morgan fingerprint density at radius 2 is 1.75 bits per heavy atom. The topological polar surface area (TPSA) is 46.6 Å². The fraction of sp³-hybridized carbons (Fsp3) is 0.273. The number of rotatable bonds is 5. The number of allylic oxidation sites excluding steroid dienone is 1. The molecule has 6 heteroatoms. The molecule has 1 amide bonds. The van der Waals surface area contributed by atoms with Crippen molar-refractivity contribution < 1.29 is 23.1 Å². The minimum atomic E-state index is -0.746. The normalized spacial score (nSPS) is 17.1. The van der Waals surface area contributed by atoms with Crippen molar-refractivity contribution in [3.8, 4) is 0 Å². The zero-order valence-corrected chi connectivity index (χ0v) is 15.7. The first-order valence-corrected chi connectivity index (χ1v) is 9.10. The van der Waals surface area contributed by atoms with Gasteiger partial charge in [-0.3, -0.25) is 4.79 Å². The van der Waals surface area contributed by atoms with Crippen molar-refractivity contribution in [1.82, 2.24) is 4.90 Å². The highest BCUT2D eigenvalue weighted by atomic mass is 19.1. The molecule has 0 aromatic heterocycles. The lowest BCUT2D eigenvalue weighted by molar-refractivity contribution is -0.140. The van der Waals surface area contributed by atoms with Gasteiger partial charge in [-0.25, -0.2) is 13.6 Å². The van der Waals surface area contributed by atoms with Gasteiger partial charge < -0.3 is 9.64 Å². The van der Waals surface area contributed by atoms with Crippen LogP contribution in [0.5, 0.6) is 0 Å². The van der Waals surface area contributed by atoms with Crippen LogP contribution in [0.4, 0.5) is 8.78 Å². The molecule has 0 bridgehead atoms. The molecule has 0 saturated carbocycles. The number of amides is 1. The van der Waals surface area contributed by atoms with Crippen LogP contribution in [0.15, 0.2) is 59.8 Å². The number of halogens is 2. The predicted octanol–water partition coefficient (Wildman–Crippen LogP) is 4.32. The molecule has 1 atom stereocenters. The number of hydrogen-bond donors (Lipinski definition) is 0. The average Bonchev–Trinajstić information content (AvgIpc) is 2.66. The van der Waals surface area contributed by atoms with Gasteiger partial charge in [-0.2, -0.15) is 0 Å². The molecule has 0 spiro atoms. The summed E-state index contributed by atoms with van der Waals surface area (Å²) in [6.07, 6.45) is -0.0964. The van der Waals surface area contributed by atoms with Crippen LogP contribution >= 0.6 is 0 Å². The number of benzene rings is 2. The Balaban J connectivity index is 2.07. The Hall–Kier alpha value is -3.02. The van der Waals surface area contributed by atoms with Crippen LogP contribution < -0.4 is 0 Å². The fourth-order valence-electron chi connectivity index (χ4n) is 3.50. The molecule has 0 N–H and O–H groups in total. The molecule has 4 nitrogen and oxygen atoms in total. The van der Waals surface area contributed by atoms with Crippen LogP contribution in [-0.4, -0.2) is 23.4 Å². The summed E-state index contributed by atoms with van der Waals surface area (Å²) in [7, 11) is 0. The first kappa shape index (κ1) is 19.7. The van der Waals surface area contributed by atoms with Crippen molar-refractivity contribution in [2.75, 3.05) is 6.61 Å². The van der Waals surface area contributed by atoms with E-state index in [9.17, 15) is 18.4 Å². The zero-order chi connectivity index (χ0) is 20.3. The SMILES string of the molecule is CCOC(=O)C1=C(C)N(Cc2ccccc2F)C(=O)C[C@H]1c1ccccc1F. The van der Waals surface area contributed by atoms with Crippen molar-refractivity contribution in [2.24, 2.45) is 0 Å². The van der Waals surface area contributed by atoms with Crippen LogP contribution in [-0.2, 0) is 20.9 Å². The number of nitrogens with zero attached hydrogens (tertiary/aromatic N) is 1. The van der Waals surface area contributed by atoms with Crippen molar-refractivity contribution in [3.05, 3.63) is 82.6 Å². The summed E-state index contributed by atoms with van der Waals surface area (Å²) < 4.78 is 33.6. The minimum absolute atomic E-state index is 0.00969. The molecule has 3 rings (SSSR count). The summed E-state index contributed by atoms with van der Waals surface area (Å²) in [5.41, 5.74) is 1.18. The highest BCUT2D eigenvalue weighted by molar-refractivity contribution is 5.95. The van der Waals surface area contributed by atoms with E-state index < -0.39 is 23.5 Å². The lowest BCUT2D eigenvalue weighted by atomic mass is 9.83. The summed E-state index contributed by atoms with van der Waals surface area (Å²) in [6.45, 7) is 3.43. The van der Waals surface area contributed by atoms with E-state index in [-0.39, 0.29) is 36.6 Å². The van der Waals surface area contributed by atoms with E-state index in [2.05, 4.69) is 0 Å². The minimum Gasteiger partial charge on any atom is -0.463 e. The van der Waals surface area contributed by atoms with Gasteiger partial charge in [0.1, 0.15) is 11.6 Å². The second-order valence-electron chi connectivity index (χ2n) is 6.57. The molecule has 1 heterocycles. The predicted molar refractivity (Wildman–Crippen MR) is 100 cm³/mol. The number of ether oxygens (including phenoxy) is 1. The van der Waals surface area contributed by atoms with Crippen LogP contribution in [0, 0.1) is 11.6 Å². The monoisotopic (exact) mass is 385 g/mol. The van der Waals surface area contributed by atoms with E-state index in [0.29, 0.717) is 11.3 Å². The molecular weight excluding hydrogens is 364 g/mol. The Bertz CT molecular complexity index is 939. The maximum atomic E-state index is 14.4. The number of esters is 1. The van der Waals surface area contributed by atoms with Crippen molar-refractivity contribution in [1.29, 1.82) is 0 Å². The standard InChI is InChI=1S/C22H21F2NO3/c1-3-28-22(27)21-14(2)25(13-15-8-4-6-10-18(15)23)20(26)12-17(21)16-9-5-7-11-19(16)24/h4-11,17H,3,12-13H2,1-2H3/t17-/m0/s1. The van der Waals surface area contributed by atoms with E-state index >= 15 is 0 Å². The Morgan fingerprint density at radius 1 is 1.11 bits per heavy atom. The van der Waals surface area contributed by atoms with Gasteiger partial charge in [0.15, 0.2) is 0 Å². The molecule has 1 aliphatic heterocycles. The first-order valence-electron chi connectivity index (χ1n) is 9.10. The molecule has 28 heavy (non-hydrogen) atoms. The molecule has 0 radical (unpaired) electrons. The number of carbonyl (C=O) groups is 2. The van der Waals surface area contributed by atoms with Gasteiger partial charge in [0, 0.05) is 23.6 Å². The van der Waals surface area contributed by atoms with Gasteiger partial charge in [0.05, 0.1) is 18.7 Å². The summed E-state index contributed by atoms with van der Waals surface area (Å²) in [5.74, 6) is -2.57. The third-order valence-electron chi connectivity index (χ3n) is 4.89. The molecule has 0 saturated heterocycles. The maximum Gasteiger partial charge on any atom is 0.336 e. The van der Waals surface area contributed by atoms with Crippen molar-refractivity contribution in [3.63, 3.8) is 0 Å². The Morgan fingerprint density at radius 3 is 2.39 bits per heavy atom. The van der Waals surface area contributed by atoms with Gasteiger partial charge in [-0.15, -0.1) is 0 Å². The Kier molecular flexibility index (Phi) is 5.87. The first-order chi connectivity index (χ1) is 13.4. The van der Waals surface area contributed by atoms with E-state index in [0.717, 1.165) is 0 Å². The van der Waals surface area contributed by atoms with Crippen LogP contribution in [0.2, 0.25) is 0 Å². The fourth-order valence-corrected chi connectivity index (χ4v) is 3.50. The van der Waals surface area contributed by atoms with Gasteiger partial charge in [0.2, 0.25) is 5.91 Å². The van der Waals surface area contributed by atoms with Crippen LogP contribution in [0.25, 0.3) is 0 Å². The largest absolute Gasteiger partial charge is 0.463 e. The lowest BCUT2D eigenvalue weighted by Crippen LogP contribution is -2.38. The molecule has 2 aromatic carbocycles. The zero-order valence-electron chi connectivity index (χ0n) is 15.7. The van der Waals surface area contributed by atoms with Crippen molar-refractivity contribution in [2.45, 2.75) is 32.7 Å². The van der Waals surface area contributed by atoms with E-state index in [1.54, 1.807) is 50.2 Å². The summed E-state index contributed by atoms with van der Waals surface area (Å²) in [5, 5.41) is 0. The summed E-state index contributed by atoms with van der Waals surface area (Å²) >= 11 is 0. The van der Waals surface area contributed by atoms with Gasteiger partial charge in [0.25, 0.3) is 0 Å². The molecule has 1 aliphatic rings. The highest BCUT2D eigenvalue weighted by Gasteiger charge is 2.38. The molecule has 2 aromatic rings. The highest BCUT2D eigenvalue weighted by Crippen LogP contribution is 2.38. The second kappa shape index (κ2) is 8.33. The number of hydrogen-bond acceptors (Lipinski definition) is 3. The lowest BCUT2D eigenvalue weighted by Gasteiger charge is -2.34. The summed E-state index contributed by atoms with van der Waals surface area (Å²) in [4.78, 5) is 26.9. The molecular formula is C22H21F2NO3. The molecule has 0 aliphatic carbocycles. The summed E-state index contributed by atoms with van der Waals surface area (Å²) in [6, 6.07) is 12.2. The second-order valence-corrected chi connectivity index (χ2v) is 6.57. The van der Waals surface area contributed by atoms with Crippen LogP contribution in [0.1, 0.15) is 37.3 Å². The molecule has 146 valence electrons. The van der Waals surface area contributed by atoms with Gasteiger partial charge >= 0.3 is 5.97 Å². The van der Waals surface area contributed by atoms with Gasteiger partial charge in [-0.1, -0.05) is 36.4 Å². The van der Waals surface area contributed by atoms with Gasteiger partial charge in [-0.05, 0) is 31.5 Å². The van der Waals surface area contributed by atoms with Crippen molar-refractivity contribution >= 4 is 11.9 Å². The Labute approximate surface area is 162 Å². The number of carbonyl (C=O) groups excluding carboxylic acids is 2.